The van der Waals surface area contributed by atoms with Crippen LogP contribution < -0.4 is 0 Å². The second-order valence-electron chi connectivity index (χ2n) is 5.30. The zero-order valence-corrected chi connectivity index (χ0v) is 12.6. The van der Waals surface area contributed by atoms with Crippen molar-refractivity contribution in [1.82, 2.24) is 24.8 Å². The van der Waals surface area contributed by atoms with Gasteiger partial charge in [-0.25, -0.2) is 9.61 Å². The summed E-state index contributed by atoms with van der Waals surface area (Å²) >= 11 is 0. The number of hydrogen-bond donors (Lipinski definition) is 0. The Morgan fingerprint density at radius 1 is 1.09 bits per heavy atom. The average molecular weight is 305 g/mol. The lowest BCUT2D eigenvalue weighted by Crippen LogP contribution is -2.10. The lowest BCUT2D eigenvalue weighted by molar-refractivity contribution is 0.315. The van der Waals surface area contributed by atoms with E-state index in [0.29, 0.717) is 0 Å². The zero-order valence-electron chi connectivity index (χ0n) is 12.6. The summed E-state index contributed by atoms with van der Waals surface area (Å²) in [5.74, 6) is 0.856. The minimum Gasteiger partial charge on any atom is -0.323 e. The minimum absolute atomic E-state index is 0.186. The summed E-state index contributed by atoms with van der Waals surface area (Å²) < 4.78 is 7.04. The summed E-state index contributed by atoms with van der Waals surface area (Å²) in [5.41, 5.74) is 3.58. The van der Waals surface area contributed by atoms with Crippen molar-refractivity contribution in [2.75, 3.05) is 0 Å². The van der Waals surface area contributed by atoms with Crippen LogP contribution in [0, 0.1) is 0 Å². The van der Waals surface area contributed by atoms with E-state index in [-0.39, 0.29) is 6.04 Å². The highest BCUT2D eigenvalue weighted by Gasteiger charge is 2.19. The first-order valence-corrected chi connectivity index (χ1v) is 7.53. The van der Waals surface area contributed by atoms with Gasteiger partial charge in [-0.15, -0.1) is 0 Å². The predicted octanol–water partition coefficient (Wildman–Crippen LogP) is 3.48. The Bertz CT molecular complexity index is 928. The van der Waals surface area contributed by atoms with Crippen LogP contribution in [0.5, 0.6) is 0 Å². The molecule has 0 amide bonds. The fraction of sp³-hybridized carbons (Fsp3) is 0.176. The first-order valence-electron chi connectivity index (χ1n) is 7.53. The van der Waals surface area contributed by atoms with Gasteiger partial charge in [0.1, 0.15) is 16.9 Å². The molecule has 1 aromatic carbocycles. The molecule has 3 heterocycles. The molecular formula is C17H15N5O. The molecule has 6 nitrogen and oxygen atoms in total. The van der Waals surface area contributed by atoms with Crippen molar-refractivity contribution in [2.24, 2.45) is 0 Å². The van der Waals surface area contributed by atoms with Gasteiger partial charge in [-0.1, -0.05) is 13.0 Å². The zero-order chi connectivity index (χ0) is 15.6. The normalized spacial score (nSPS) is 12.6. The number of pyridine rings is 1. The predicted molar refractivity (Wildman–Crippen MR) is 85.7 cm³/mol. The molecule has 0 bridgehead atoms. The molecule has 4 rings (SSSR count). The highest BCUT2D eigenvalue weighted by molar-refractivity contribution is 5.88. The summed E-state index contributed by atoms with van der Waals surface area (Å²) in [6.45, 7) is 2.16. The van der Waals surface area contributed by atoms with E-state index in [0.717, 1.165) is 28.8 Å². The summed E-state index contributed by atoms with van der Waals surface area (Å²) in [6.07, 6.45) is 8.38. The van der Waals surface area contributed by atoms with E-state index in [1.165, 1.54) is 5.56 Å². The van der Waals surface area contributed by atoms with Crippen molar-refractivity contribution < 1.29 is 4.63 Å². The Balaban J connectivity index is 1.87. The second-order valence-corrected chi connectivity index (χ2v) is 5.30. The molecule has 0 unspecified atom stereocenters. The van der Waals surface area contributed by atoms with Crippen LogP contribution in [-0.4, -0.2) is 24.8 Å². The third-order valence-electron chi connectivity index (χ3n) is 4.01. The largest absolute Gasteiger partial charge is 0.323 e. The summed E-state index contributed by atoms with van der Waals surface area (Å²) in [4.78, 5) is 8.65. The highest BCUT2D eigenvalue weighted by atomic mass is 16.6. The molecule has 6 heteroatoms. The number of aromatic nitrogens is 5. The SMILES string of the molecule is CC[C@H](c1ccncc1)n1ccnc1-c1cccc2nonc12. The highest BCUT2D eigenvalue weighted by Crippen LogP contribution is 2.30. The van der Waals surface area contributed by atoms with Gasteiger partial charge in [-0.05, 0) is 46.6 Å². The van der Waals surface area contributed by atoms with Gasteiger partial charge in [-0.2, -0.15) is 0 Å². The second kappa shape index (κ2) is 5.64. The number of fused-ring (bicyclic) bond motifs is 1. The Morgan fingerprint density at radius 3 is 2.78 bits per heavy atom. The molecular weight excluding hydrogens is 290 g/mol. The van der Waals surface area contributed by atoms with E-state index >= 15 is 0 Å². The molecule has 0 spiro atoms. The van der Waals surface area contributed by atoms with Crippen LogP contribution in [0.2, 0.25) is 0 Å². The van der Waals surface area contributed by atoms with E-state index in [9.17, 15) is 0 Å². The van der Waals surface area contributed by atoms with E-state index < -0.39 is 0 Å². The van der Waals surface area contributed by atoms with E-state index in [2.05, 4.69) is 31.8 Å². The van der Waals surface area contributed by atoms with E-state index in [4.69, 9.17) is 4.63 Å². The minimum atomic E-state index is 0.186. The van der Waals surface area contributed by atoms with Crippen LogP contribution in [0.15, 0.2) is 59.7 Å². The fourth-order valence-corrected chi connectivity index (χ4v) is 2.94. The quantitative estimate of drug-likeness (QED) is 0.577. The first kappa shape index (κ1) is 13.6. The molecule has 0 aliphatic rings. The number of rotatable bonds is 4. The molecule has 0 N–H and O–H groups in total. The van der Waals surface area contributed by atoms with Gasteiger partial charge < -0.3 is 4.57 Å². The third kappa shape index (κ3) is 2.28. The Morgan fingerprint density at radius 2 is 1.96 bits per heavy atom. The van der Waals surface area contributed by atoms with Crippen LogP contribution in [0.3, 0.4) is 0 Å². The maximum Gasteiger partial charge on any atom is 0.146 e. The molecule has 3 aromatic heterocycles. The van der Waals surface area contributed by atoms with Crippen LogP contribution in [0.1, 0.15) is 24.9 Å². The molecule has 114 valence electrons. The summed E-state index contributed by atoms with van der Waals surface area (Å²) in [6, 6.07) is 10.1. The number of benzene rings is 1. The standard InChI is InChI=1S/C17H15N5O/c1-2-15(12-6-8-18-9-7-12)22-11-10-19-17(22)13-4-3-5-14-16(13)21-23-20-14/h3-11,15H,2H2,1H3/t15-/m1/s1. The monoisotopic (exact) mass is 305 g/mol. The Kier molecular flexibility index (Phi) is 3.34. The van der Waals surface area contributed by atoms with Crippen LogP contribution in [-0.2, 0) is 0 Å². The molecule has 0 radical (unpaired) electrons. The molecule has 4 aromatic rings. The Hall–Kier alpha value is -3.02. The van der Waals surface area contributed by atoms with Gasteiger partial charge >= 0.3 is 0 Å². The van der Waals surface area contributed by atoms with Crippen molar-refractivity contribution in [2.45, 2.75) is 19.4 Å². The Labute approximate surface area is 132 Å². The molecule has 0 aliphatic heterocycles. The van der Waals surface area contributed by atoms with Gasteiger partial charge in [0.15, 0.2) is 0 Å². The van der Waals surface area contributed by atoms with Crippen LogP contribution >= 0.6 is 0 Å². The number of imidazole rings is 1. The molecule has 1 atom stereocenters. The molecule has 0 fully saturated rings. The molecule has 23 heavy (non-hydrogen) atoms. The summed E-state index contributed by atoms with van der Waals surface area (Å²) in [5, 5.41) is 7.93. The van der Waals surface area contributed by atoms with Crippen LogP contribution in [0.4, 0.5) is 0 Å². The maximum absolute atomic E-state index is 4.87. The van der Waals surface area contributed by atoms with Crippen molar-refractivity contribution in [3.8, 4) is 11.4 Å². The fourth-order valence-electron chi connectivity index (χ4n) is 2.94. The smallest absolute Gasteiger partial charge is 0.146 e. The lowest BCUT2D eigenvalue weighted by atomic mass is 10.0. The first-order chi connectivity index (χ1) is 11.4. The van der Waals surface area contributed by atoms with Gasteiger partial charge in [0.2, 0.25) is 0 Å². The molecule has 0 saturated heterocycles. The van der Waals surface area contributed by atoms with Gasteiger partial charge in [0, 0.05) is 30.4 Å². The topological polar surface area (TPSA) is 69.6 Å². The number of hydrogen-bond acceptors (Lipinski definition) is 5. The van der Waals surface area contributed by atoms with E-state index in [1.54, 1.807) is 0 Å². The average Bonchev–Trinajstić information content (AvgIpc) is 3.25. The van der Waals surface area contributed by atoms with Crippen molar-refractivity contribution in [3.63, 3.8) is 0 Å². The molecule has 0 aliphatic carbocycles. The van der Waals surface area contributed by atoms with Gasteiger partial charge in [0.25, 0.3) is 0 Å². The van der Waals surface area contributed by atoms with E-state index in [1.807, 2.05) is 55.1 Å². The number of nitrogens with zero attached hydrogens (tertiary/aromatic N) is 5. The maximum atomic E-state index is 4.87. The van der Waals surface area contributed by atoms with Crippen molar-refractivity contribution in [3.05, 3.63) is 60.7 Å². The van der Waals surface area contributed by atoms with Crippen molar-refractivity contribution in [1.29, 1.82) is 0 Å². The molecule has 0 saturated carbocycles. The third-order valence-corrected chi connectivity index (χ3v) is 4.01. The van der Waals surface area contributed by atoms with Crippen molar-refractivity contribution >= 4 is 11.0 Å². The van der Waals surface area contributed by atoms with Gasteiger partial charge in [-0.3, -0.25) is 4.98 Å². The lowest BCUT2D eigenvalue weighted by Gasteiger charge is -2.19. The van der Waals surface area contributed by atoms with Gasteiger partial charge in [0.05, 0.1) is 6.04 Å². The summed E-state index contributed by atoms with van der Waals surface area (Å²) in [7, 11) is 0. The van der Waals surface area contributed by atoms with Crippen LogP contribution in [0.25, 0.3) is 22.4 Å².